The Balaban J connectivity index is 2.65. The van der Waals surface area contributed by atoms with E-state index in [1.165, 1.54) is 0 Å². The molecule has 0 aliphatic carbocycles. The molecule has 2 aromatic heterocycles. The number of nitrogen functional groups attached to an aromatic ring is 1. The van der Waals surface area contributed by atoms with Crippen LogP contribution in [0.4, 0.5) is 5.82 Å². The molecule has 2 heterocycles. The minimum atomic E-state index is -0.0268. The third-order valence-corrected chi connectivity index (χ3v) is 3.05. The summed E-state index contributed by atoms with van der Waals surface area (Å²) in [6, 6.07) is 0. The third-order valence-electron chi connectivity index (χ3n) is 3.05. The monoisotopic (exact) mass is 247 g/mol. The Labute approximate surface area is 108 Å². The van der Waals surface area contributed by atoms with Crippen LogP contribution in [0.25, 0.3) is 11.4 Å². The fraction of sp³-hybridized carbons (Fsp3) is 0.538. The van der Waals surface area contributed by atoms with Gasteiger partial charge >= 0.3 is 0 Å². The van der Waals surface area contributed by atoms with Crippen LogP contribution in [-0.2, 0) is 19.0 Å². The first-order valence-corrected chi connectivity index (χ1v) is 6.19. The molecule has 0 aliphatic rings. The first-order valence-electron chi connectivity index (χ1n) is 6.19. The number of nitrogens with zero attached hydrogens (tertiary/aromatic N) is 4. The molecule has 0 bridgehead atoms. The van der Waals surface area contributed by atoms with Crippen LogP contribution < -0.4 is 5.73 Å². The molecule has 0 spiro atoms. The van der Waals surface area contributed by atoms with Crippen LogP contribution in [0, 0.1) is 0 Å². The molecular formula is C13H21N5. The zero-order chi connectivity index (χ0) is 13.5. The molecule has 0 atom stereocenters. The second-order valence-corrected chi connectivity index (χ2v) is 5.55. The maximum atomic E-state index is 6.23. The second kappa shape index (κ2) is 4.15. The Morgan fingerprint density at radius 3 is 2.39 bits per heavy atom. The van der Waals surface area contributed by atoms with Gasteiger partial charge in [-0.25, -0.2) is 9.97 Å². The lowest BCUT2D eigenvalue weighted by Gasteiger charge is -2.19. The number of imidazole rings is 2. The van der Waals surface area contributed by atoms with Gasteiger partial charge in [-0.1, -0.05) is 20.8 Å². The van der Waals surface area contributed by atoms with Crippen molar-refractivity contribution in [1.29, 1.82) is 0 Å². The van der Waals surface area contributed by atoms with Gasteiger partial charge in [0.25, 0.3) is 0 Å². The van der Waals surface area contributed by atoms with Crippen molar-refractivity contribution in [3.63, 3.8) is 0 Å². The number of rotatable bonds is 2. The predicted molar refractivity (Wildman–Crippen MR) is 73.2 cm³/mol. The Morgan fingerprint density at radius 2 is 2.00 bits per heavy atom. The molecule has 98 valence electrons. The average molecular weight is 247 g/mol. The molecule has 0 amide bonds. The van der Waals surface area contributed by atoms with E-state index >= 15 is 0 Å². The number of anilines is 1. The summed E-state index contributed by atoms with van der Waals surface area (Å²) in [6.07, 6.45) is 3.56. The Bertz CT molecular complexity index is 556. The summed E-state index contributed by atoms with van der Waals surface area (Å²) < 4.78 is 4.01. The topological polar surface area (TPSA) is 61.7 Å². The lowest BCUT2D eigenvalue weighted by molar-refractivity contribution is 0.508. The van der Waals surface area contributed by atoms with E-state index in [1.54, 1.807) is 12.5 Å². The van der Waals surface area contributed by atoms with Gasteiger partial charge in [-0.2, -0.15) is 0 Å². The second-order valence-electron chi connectivity index (χ2n) is 5.55. The highest BCUT2D eigenvalue weighted by Gasteiger charge is 2.25. The zero-order valence-corrected chi connectivity index (χ0v) is 11.7. The predicted octanol–water partition coefficient (Wildman–Crippen LogP) is 2.18. The molecular weight excluding hydrogens is 226 g/mol. The van der Waals surface area contributed by atoms with Crippen molar-refractivity contribution in [1.82, 2.24) is 19.1 Å². The standard InChI is InChI=1S/C13H21N5/c1-6-18-11(14)10(9-7-15-8-17(9)5)16-12(18)13(2,3)4/h7-8H,6,14H2,1-5H3. The molecule has 0 aliphatic heterocycles. The molecule has 5 heteroatoms. The van der Waals surface area contributed by atoms with Crippen LogP contribution in [-0.4, -0.2) is 19.1 Å². The van der Waals surface area contributed by atoms with E-state index in [2.05, 4.69) is 37.2 Å². The molecule has 0 aromatic carbocycles. The van der Waals surface area contributed by atoms with Crippen molar-refractivity contribution >= 4 is 5.82 Å². The zero-order valence-electron chi connectivity index (χ0n) is 11.7. The van der Waals surface area contributed by atoms with Crippen molar-refractivity contribution in [2.45, 2.75) is 39.7 Å². The number of aromatic nitrogens is 4. The van der Waals surface area contributed by atoms with Crippen molar-refractivity contribution in [2.75, 3.05) is 5.73 Å². The average Bonchev–Trinajstić information content (AvgIpc) is 2.81. The van der Waals surface area contributed by atoms with Crippen molar-refractivity contribution in [3.05, 3.63) is 18.3 Å². The fourth-order valence-electron chi connectivity index (χ4n) is 2.13. The molecule has 5 nitrogen and oxygen atoms in total. The summed E-state index contributed by atoms with van der Waals surface area (Å²) in [5, 5.41) is 0. The summed E-state index contributed by atoms with van der Waals surface area (Å²) >= 11 is 0. The quantitative estimate of drug-likeness (QED) is 0.884. The van der Waals surface area contributed by atoms with Gasteiger partial charge in [0.15, 0.2) is 0 Å². The van der Waals surface area contributed by atoms with Crippen molar-refractivity contribution < 1.29 is 0 Å². The van der Waals surface area contributed by atoms with Gasteiger partial charge in [-0.3, -0.25) is 0 Å². The van der Waals surface area contributed by atoms with Crippen LogP contribution in [0.3, 0.4) is 0 Å². The number of aryl methyl sites for hydroxylation is 1. The third kappa shape index (κ3) is 1.89. The number of hydrogen-bond donors (Lipinski definition) is 1. The maximum Gasteiger partial charge on any atom is 0.133 e. The number of hydrogen-bond acceptors (Lipinski definition) is 3. The smallest absolute Gasteiger partial charge is 0.133 e. The van der Waals surface area contributed by atoms with Crippen LogP contribution >= 0.6 is 0 Å². The minimum Gasteiger partial charge on any atom is -0.383 e. The van der Waals surface area contributed by atoms with Gasteiger partial charge in [0.1, 0.15) is 17.3 Å². The maximum absolute atomic E-state index is 6.23. The highest BCUT2D eigenvalue weighted by molar-refractivity contribution is 5.68. The van der Waals surface area contributed by atoms with Gasteiger partial charge < -0.3 is 14.9 Å². The van der Waals surface area contributed by atoms with Crippen molar-refractivity contribution in [3.8, 4) is 11.4 Å². The van der Waals surface area contributed by atoms with E-state index in [1.807, 2.05) is 11.6 Å². The van der Waals surface area contributed by atoms with E-state index < -0.39 is 0 Å². The largest absolute Gasteiger partial charge is 0.383 e. The molecule has 0 radical (unpaired) electrons. The summed E-state index contributed by atoms with van der Waals surface area (Å²) in [5.41, 5.74) is 7.97. The SMILES string of the molecule is CCn1c(C(C)(C)C)nc(-c2cncn2C)c1N. The molecule has 0 fully saturated rings. The van der Waals surface area contributed by atoms with Gasteiger partial charge in [-0.15, -0.1) is 0 Å². The van der Waals surface area contributed by atoms with E-state index in [0.717, 1.165) is 23.8 Å². The molecule has 0 unspecified atom stereocenters. The lowest BCUT2D eigenvalue weighted by atomic mass is 9.96. The van der Waals surface area contributed by atoms with E-state index in [0.29, 0.717) is 5.82 Å². The van der Waals surface area contributed by atoms with E-state index in [4.69, 9.17) is 10.7 Å². The molecule has 2 aromatic rings. The molecule has 2 N–H and O–H groups in total. The van der Waals surface area contributed by atoms with Crippen LogP contribution in [0.5, 0.6) is 0 Å². The normalized spacial score (nSPS) is 12.1. The van der Waals surface area contributed by atoms with E-state index in [-0.39, 0.29) is 5.41 Å². The van der Waals surface area contributed by atoms with Gasteiger partial charge in [0, 0.05) is 19.0 Å². The fourth-order valence-corrected chi connectivity index (χ4v) is 2.13. The highest BCUT2D eigenvalue weighted by atomic mass is 15.2. The summed E-state index contributed by atoms with van der Waals surface area (Å²) in [4.78, 5) is 8.86. The van der Waals surface area contributed by atoms with Crippen LogP contribution in [0.15, 0.2) is 12.5 Å². The molecule has 2 rings (SSSR count). The summed E-state index contributed by atoms with van der Waals surface area (Å²) in [7, 11) is 1.95. The Hall–Kier alpha value is -1.78. The molecule has 18 heavy (non-hydrogen) atoms. The highest BCUT2D eigenvalue weighted by Crippen LogP contribution is 2.31. The van der Waals surface area contributed by atoms with Crippen LogP contribution in [0.2, 0.25) is 0 Å². The minimum absolute atomic E-state index is 0.0268. The van der Waals surface area contributed by atoms with Gasteiger partial charge in [-0.05, 0) is 6.92 Å². The first-order chi connectivity index (χ1) is 8.36. The van der Waals surface area contributed by atoms with Gasteiger partial charge in [0.2, 0.25) is 0 Å². The van der Waals surface area contributed by atoms with Gasteiger partial charge in [0.05, 0.1) is 18.2 Å². The Kier molecular flexibility index (Phi) is 2.92. The first kappa shape index (κ1) is 12.7. The van der Waals surface area contributed by atoms with Crippen LogP contribution in [0.1, 0.15) is 33.5 Å². The Morgan fingerprint density at radius 1 is 1.33 bits per heavy atom. The van der Waals surface area contributed by atoms with Crippen molar-refractivity contribution in [2.24, 2.45) is 7.05 Å². The molecule has 0 saturated carbocycles. The summed E-state index contributed by atoms with van der Waals surface area (Å²) in [6.45, 7) is 9.35. The molecule has 0 saturated heterocycles. The summed E-state index contributed by atoms with van der Waals surface area (Å²) in [5.74, 6) is 1.73. The lowest BCUT2D eigenvalue weighted by Crippen LogP contribution is -2.19. The van der Waals surface area contributed by atoms with E-state index in [9.17, 15) is 0 Å². The number of nitrogens with two attached hydrogens (primary N) is 1.